The summed E-state index contributed by atoms with van der Waals surface area (Å²) in [5, 5.41) is 3.78. The summed E-state index contributed by atoms with van der Waals surface area (Å²) in [6.07, 6.45) is 8.45. The largest absolute Gasteiger partial charge is 0.310 e. The molecule has 2 fully saturated rings. The van der Waals surface area contributed by atoms with Crippen LogP contribution >= 0.6 is 0 Å². The predicted molar refractivity (Wildman–Crippen MR) is 55.9 cm³/mol. The van der Waals surface area contributed by atoms with Gasteiger partial charge in [0.15, 0.2) is 0 Å². The van der Waals surface area contributed by atoms with Crippen LogP contribution in [0, 0.1) is 0 Å². The molecule has 2 heteroatoms. The van der Waals surface area contributed by atoms with Crippen LogP contribution in [0.2, 0.25) is 0 Å². The number of hydrogen-bond acceptors (Lipinski definition) is 2. The van der Waals surface area contributed by atoms with E-state index >= 15 is 0 Å². The lowest BCUT2D eigenvalue weighted by atomic mass is 9.89. The minimum absolute atomic E-state index is 0.774. The van der Waals surface area contributed by atoms with Crippen molar-refractivity contribution in [2.75, 3.05) is 14.1 Å². The van der Waals surface area contributed by atoms with Gasteiger partial charge in [0.2, 0.25) is 0 Å². The van der Waals surface area contributed by atoms with Crippen molar-refractivity contribution in [2.45, 2.75) is 56.7 Å². The summed E-state index contributed by atoms with van der Waals surface area (Å²) in [6.45, 7) is 0. The molecule has 0 aromatic heterocycles. The molecule has 0 aromatic rings. The van der Waals surface area contributed by atoms with Crippen LogP contribution in [0.1, 0.15) is 38.5 Å². The van der Waals surface area contributed by atoms with Crippen molar-refractivity contribution in [3.63, 3.8) is 0 Å². The fourth-order valence-electron chi connectivity index (χ4n) is 2.48. The summed E-state index contributed by atoms with van der Waals surface area (Å²) in [6, 6.07) is 2.43. The summed E-state index contributed by atoms with van der Waals surface area (Å²) in [5.41, 5.74) is 0. The topological polar surface area (TPSA) is 15.3 Å². The van der Waals surface area contributed by atoms with Gasteiger partial charge in [0.25, 0.3) is 0 Å². The molecule has 2 aliphatic rings. The Morgan fingerprint density at radius 1 is 1.00 bits per heavy atom. The lowest BCUT2D eigenvalue weighted by Gasteiger charge is -2.36. The first-order valence-corrected chi connectivity index (χ1v) is 5.70. The maximum absolute atomic E-state index is 3.78. The Morgan fingerprint density at radius 2 is 1.69 bits per heavy atom. The van der Waals surface area contributed by atoms with Gasteiger partial charge in [-0.2, -0.15) is 0 Å². The number of hydrogen-bond donors (Lipinski definition) is 1. The molecule has 2 atom stereocenters. The molecule has 0 amide bonds. The molecule has 0 heterocycles. The maximum Gasteiger partial charge on any atom is 0.0243 e. The molecule has 0 aromatic carbocycles. The van der Waals surface area contributed by atoms with Crippen molar-refractivity contribution in [3.05, 3.63) is 0 Å². The van der Waals surface area contributed by atoms with Crippen molar-refractivity contribution >= 4 is 0 Å². The van der Waals surface area contributed by atoms with E-state index in [1.54, 1.807) is 0 Å². The van der Waals surface area contributed by atoms with Gasteiger partial charge in [0.1, 0.15) is 0 Å². The lowest BCUT2D eigenvalue weighted by molar-refractivity contribution is 0.176. The first-order valence-electron chi connectivity index (χ1n) is 5.70. The second-order valence-corrected chi connectivity index (χ2v) is 4.86. The molecule has 0 unspecified atom stereocenters. The van der Waals surface area contributed by atoms with E-state index in [0.29, 0.717) is 0 Å². The Morgan fingerprint density at radius 3 is 2.31 bits per heavy atom. The normalized spacial score (nSPS) is 35.3. The van der Waals surface area contributed by atoms with Crippen LogP contribution in [-0.2, 0) is 0 Å². The zero-order valence-corrected chi connectivity index (χ0v) is 8.92. The van der Waals surface area contributed by atoms with E-state index < -0.39 is 0 Å². The highest BCUT2D eigenvalue weighted by Crippen LogP contribution is 2.26. The van der Waals surface area contributed by atoms with Crippen LogP contribution in [0.4, 0.5) is 0 Å². The number of nitrogens with zero attached hydrogens (tertiary/aromatic N) is 1. The van der Waals surface area contributed by atoms with Crippen LogP contribution in [0.5, 0.6) is 0 Å². The van der Waals surface area contributed by atoms with Crippen LogP contribution in [0.15, 0.2) is 0 Å². The van der Waals surface area contributed by atoms with E-state index in [2.05, 4.69) is 24.3 Å². The van der Waals surface area contributed by atoms with E-state index in [9.17, 15) is 0 Å². The molecule has 2 aliphatic carbocycles. The smallest absolute Gasteiger partial charge is 0.0243 e. The third-order valence-corrected chi connectivity index (χ3v) is 3.42. The fourth-order valence-corrected chi connectivity index (χ4v) is 2.48. The van der Waals surface area contributed by atoms with Crippen LogP contribution in [0.25, 0.3) is 0 Å². The fraction of sp³-hybridized carbons (Fsp3) is 1.00. The molecule has 2 rings (SSSR count). The highest BCUT2D eigenvalue weighted by molar-refractivity contribution is 4.92. The zero-order chi connectivity index (χ0) is 9.26. The van der Waals surface area contributed by atoms with Crippen molar-refractivity contribution in [1.82, 2.24) is 10.2 Å². The van der Waals surface area contributed by atoms with Crippen LogP contribution in [0.3, 0.4) is 0 Å². The average molecular weight is 182 g/mol. The van der Waals surface area contributed by atoms with Gasteiger partial charge in [0, 0.05) is 18.1 Å². The van der Waals surface area contributed by atoms with Gasteiger partial charge in [-0.3, -0.25) is 0 Å². The molecule has 0 saturated heterocycles. The molecular formula is C11H22N2. The van der Waals surface area contributed by atoms with Gasteiger partial charge >= 0.3 is 0 Å². The zero-order valence-electron chi connectivity index (χ0n) is 8.92. The Bertz CT molecular complexity index is 163. The third kappa shape index (κ3) is 2.44. The SMILES string of the molecule is CN(C)[C@@H]1CCCC[C@@H]1NC1CC1. The van der Waals surface area contributed by atoms with Gasteiger partial charge in [-0.15, -0.1) is 0 Å². The van der Waals surface area contributed by atoms with E-state index in [-0.39, 0.29) is 0 Å². The highest BCUT2D eigenvalue weighted by atomic mass is 15.2. The molecule has 0 radical (unpaired) electrons. The molecule has 0 bridgehead atoms. The van der Waals surface area contributed by atoms with Crippen LogP contribution in [-0.4, -0.2) is 37.1 Å². The molecular weight excluding hydrogens is 160 g/mol. The summed E-state index contributed by atoms with van der Waals surface area (Å²) in [5.74, 6) is 0. The number of rotatable bonds is 3. The van der Waals surface area contributed by atoms with Crippen molar-refractivity contribution in [1.29, 1.82) is 0 Å². The Labute approximate surface area is 81.7 Å². The maximum atomic E-state index is 3.78. The van der Waals surface area contributed by atoms with Gasteiger partial charge in [-0.1, -0.05) is 12.8 Å². The first kappa shape index (κ1) is 9.47. The Balaban J connectivity index is 1.87. The van der Waals surface area contributed by atoms with Gasteiger partial charge in [0.05, 0.1) is 0 Å². The van der Waals surface area contributed by atoms with Crippen molar-refractivity contribution in [2.24, 2.45) is 0 Å². The summed E-state index contributed by atoms with van der Waals surface area (Å²) in [4.78, 5) is 2.40. The van der Waals surface area contributed by atoms with Gasteiger partial charge in [-0.25, -0.2) is 0 Å². The molecule has 2 saturated carbocycles. The average Bonchev–Trinajstić information content (AvgIpc) is 2.89. The Hall–Kier alpha value is -0.0800. The number of nitrogens with one attached hydrogen (secondary N) is 1. The standard InChI is InChI=1S/C11H22N2/c1-13(2)11-6-4-3-5-10(11)12-9-7-8-9/h9-12H,3-8H2,1-2H3/t10-,11+/m0/s1. The first-order chi connectivity index (χ1) is 6.27. The molecule has 1 N–H and O–H groups in total. The van der Waals surface area contributed by atoms with Gasteiger partial charge in [-0.05, 0) is 39.8 Å². The predicted octanol–water partition coefficient (Wildman–Crippen LogP) is 1.61. The molecule has 2 nitrogen and oxygen atoms in total. The molecule has 76 valence electrons. The Kier molecular flexibility index (Phi) is 2.89. The van der Waals surface area contributed by atoms with Crippen molar-refractivity contribution in [3.8, 4) is 0 Å². The summed E-state index contributed by atoms with van der Waals surface area (Å²) < 4.78 is 0. The van der Waals surface area contributed by atoms with E-state index in [1.165, 1.54) is 38.5 Å². The van der Waals surface area contributed by atoms with E-state index in [4.69, 9.17) is 0 Å². The second kappa shape index (κ2) is 3.97. The molecule has 13 heavy (non-hydrogen) atoms. The highest BCUT2D eigenvalue weighted by Gasteiger charge is 2.31. The van der Waals surface area contributed by atoms with Gasteiger partial charge < -0.3 is 10.2 Å². The van der Waals surface area contributed by atoms with E-state index in [0.717, 1.165) is 18.1 Å². The molecule has 0 spiro atoms. The second-order valence-electron chi connectivity index (χ2n) is 4.86. The summed E-state index contributed by atoms with van der Waals surface area (Å²) >= 11 is 0. The van der Waals surface area contributed by atoms with Crippen molar-refractivity contribution < 1.29 is 0 Å². The van der Waals surface area contributed by atoms with E-state index in [1.807, 2.05) is 0 Å². The summed E-state index contributed by atoms with van der Waals surface area (Å²) in [7, 11) is 4.44. The number of likely N-dealkylation sites (N-methyl/N-ethyl adjacent to an activating group) is 1. The monoisotopic (exact) mass is 182 g/mol. The lowest BCUT2D eigenvalue weighted by Crippen LogP contribution is -2.49. The minimum Gasteiger partial charge on any atom is -0.310 e. The third-order valence-electron chi connectivity index (χ3n) is 3.42. The molecule has 0 aliphatic heterocycles. The quantitative estimate of drug-likeness (QED) is 0.713. The minimum atomic E-state index is 0.774. The van der Waals surface area contributed by atoms with Crippen LogP contribution < -0.4 is 5.32 Å².